The van der Waals surface area contributed by atoms with Crippen molar-refractivity contribution in [3.8, 4) is 11.3 Å². The lowest BCUT2D eigenvalue weighted by atomic mass is 10.1. The molecule has 1 amide bonds. The largest absolute Gasteiger partial charge is 0.336 e. The third kappa shape index (κ3) is 3.52. The molecular formula is C23H20N4O2S. The minimum atomic E-state index is -0.0806. The quantitative estimate of drug-likeness (QED) is 0.518. The van der Waals surface area contributed by atoms with Crippen LogP contribution in [0.2, 0.25) is 0 Å². The van der Waals surface area contributed by atoms with Crippen LogP contribution < -0.4 is 5.56 Å². The monoisotopic (exact) mass is 416 g/mol. The molecule has 4 aromatic rings. The number of rotatable bonds is 4. The van der Waals surface area contributed by atoms with Gasteiger partial charge in [0.2, 0.25) is 5.91 Å². The van der Waals surface area contributed by atoms with Gasteiger partial charge in [0.1, 0.15) is 0 Å². The Morgan fingerprint density at radius 1 is 1.07 bits per heavy atom. The number of H-pyrrole nitrogens is 1. The van der Waals surface area contributed by atoms with E-state index in [0.29, 0.717) is 42.2 Å². The zero-order valence-corrected chi connectivity index (χ0v) is 17.1. The molecule has 3 heterocycles. The summed E-state index contributed by atoms with van der Waals surface area (Å²) in [5.41, 5.74) is 3.72. The van der Waals surface area contributed by atoms with E-state index in [4.69, 9.17) is 4.98 Å². The van der Waals surface area contributed by atoms with E-state index >= 15 is 0 Å². The standard InChI is InChI=1S/C23H20N4O2S/c28-22(15-30-17-9-5-2-6-10-17)26-12-11-18-20(14-26)24-21-13-19(25-27(21)23(18)29)16-7-3-1-4-8-16/h1-10,13,25H,11-12,14-15H2. The van der Waals surface area contributed by atoms with Crippen LogP contribution in [0, 0.1) is 0 Å². The smallest absolute Gasteiger partial charge is 0.276 e. The molecule has 0 fully saturated rings. The van der Waals surface area contributed by atoms with Crippen molar-refractivity contribution in [2.45, 2.75) is 17.9 Å². The topological polar surface area (TPSA) is 70.5 Å². The van der Waals surface area contributed by atoms with Crippen LogP contribution in [0.1, 0.15) is 11.3 Å². The number of nitrogens with one attached hydrogen (secondary N) is 1. The molecule has 2 aromatic heterocycles. The predicted molar refractivity (Wildman–Crippen MR) is 118 cm³/mol. The van der Waals surface area contributed by atoms with Gasteiger partial charge in [-0.2, -0.15) is 0 Å². The number of carbonyl (C=O) groups is 1. The van der Waals surface area contributed by atoms with E-state index < -0.39 is 0 Å². The van der Waals surface area contributed by atoms with Crippen LogP contribution in [0.25, 0.3) is 16.9 Å². The van der Waals surface area contributed by atoms with E-state index in [1.807, 2.05) is 66.7 Å². The number of nitrogens with zero attached hydrogens (tertiary/aromatic N) is 3. The second-order valence-corrected chi connectivity index (χ2v) is 8.29. The van der Waals surface area contributed by atoms with Gasteiger partial charge in [-0.25, -0.2) is 9.50 Å². The van der Waals surface area contributed by atoms with E-state index in [1.54, 1.807) is 4.90 Å². The van der Waals surface area contributed by atoms with Crippen molar-refractivity contribution >= 4 is 23.3 Å². The molecule has 0 saturated heterocycles. The molecular weight excluding hydrogens is 396 g/mol. The Kier molecular flexibility index (Phi) is 4.88. The number of hydrogen-bond donors (Lipinski definition) is 1. The number of thioether (sulfide) groups is 1. The summed E-state index contributed by atoms with van der Waals surface area (Å²) in [6, 6.07) is 21.6. The summed E-state index contributed by atoms with van der Waals surface area (Å²) < 4.78 is 1.50. The molecule has 1 aliphatic heterocycles. The molecule has 1 N–H and O–H groups in total. The second kappa shape index (κ2) is 7.84. The third-order valence-corrected chi connectivity index (χ3v) is 6.31. The second-order valence-electron chi connectivity index (χ2n) is 7.24. The number of fused-ring (bicyclic) bond motifs is 2. The summed E-state index contributed by atoms with van der Waals surface area (Å²) in [5, 5.41) is 3.16. The summed E-state index contributed by atoms with van der Waals surface area (Å²) in [5.74, 6) is 0.443. The summed E-state index contributed by atoms with van der Waals surface area (Å²) in [7, 11) is 0. The van der Waals surface area contributed by atoms with Crippen LogP contribution >= 0.6 is 11.8 Å². The van der Waals surface area contributed by atoms with E-state index in [2.05, 4.69) is 5.10 Å². The van der Waals surface area contributed by atoms with Crippen LogP contribution in [-0.4, -0.2) is 37.7 Å². The molecule has 1 aliphatic rings. The lowest BCUT2D eigenvalue weighted by molar-refractivity contribution is -0.129. The Hall–Kier alpha value is -3.32. The van der Waals surface area contributed by atoms with Gasteiger partial charge in [0.05, 0.1) is 23.7 Å². The van der Waals surface area contributed by atoms with Gasteiger partial charge >= 0.3 is 0 Å². The van der Waals surface area contributed by atoms with Crippen molar-refractivity contribution < 1.29 is 4.79 Å². The maximum absolute atomic E-state index is 13.0. The predicted octanol–water partition coefficient (Wildman–Crippen LogP) is 3.37. The summed E-state index contributed by atoms with van der Waals surface area (Å²) in [4.78, 5) is 33.3. The molecule has 150 valence electrons. The Morgan fingerprint density at radius 3 is 2.57 bits per heavy atom. The zero-order chi connectivity index (χ0) is 20.5. The van der Waals surface area contributed by atoms with E-state index in [1.165, 1.54) is 16.3 Å². The Bertz CT molecular complexity index is 1270. The number of amides is 1. The highest BCUT2D eigenvalue weighted by atomic mass is 32.2. The van der Waals surface area contributed by atoms with Crippen LogP contribution in [0.15, 0.2) is 76.4 Å². The van der Waals surface area contributed by atoms with Crippen molar-refractivity contribution in [2.24, 2.45) is 0 Å². The molecule has 0 aliphatic carbocycles. The van der Waals surface area contributed by atoms with Gasteiger partial charge in [0.25, 0.3) is 5.56 Å². The van der Waals surface area contributed by atoms with Crippen molar-refractivity contribution in [1.82, 2.24) is 19.5 Å². The molecule has 5 rings (SSSR count). The van der Waals surface area contributed by atoms with E-state index in [9.17, 15) is 9.59 Å². The lowest BCUT2D eigenvalue weighted by Crippen LogP contribution is -2.40. The van der Waals surface area contributed by atoms with Gasteiger partial charge in [-0.05, 0) is 24.1 Å². The van der Waals surface area contributed by atoms with Crippen molar-refractivity contribution in [1.29, 1.82) is 0 Å². The highest BCUT2D eigenvalue weighted by Gasteiger charge is 2.25. The molecule has 6 nitrogen and oxygen atoms in total. The highest BCUT2D eigenvalue weighted by molar-refractivity contribution is 8.00. The van der Waals surface area contributed by atoms with Crippen molar-refractivity contribution in [3.05, 3.63) is 88.3 Å². The number of aromatic amines is 1. The molecule has 7 heteroatoms. The Morgan fingerprint density at radius 2 is 1.80 bits per heavy atom. The van der Waals surface area contributed by atoms with Crippen molar-refractivity contribution in [2.75, 3.05) is 12.3 Å². The van der Waals surface area contributed by atoms with Gasteiger partial charge in [-0.1, -0.05) is 48.5 Å². The van der Waals surface area contributed by atoms with Crippen LogP contribution in [0.5, 0.6) is 0 Å². The fraction of sp³-hybridized carbons (Fsp3) is 0.174. The maximum Gasteiger partial charge on any atom is 0.276 e. The summed E-state index contributed by atoms with van der Waals surface area (Å²) in [6.07, 6.45) is 0.519. The molecule has 0 saturated carbocycles. The van der Waals surface area contributed by atoms with Crippen LogP contribution in [0.4, 0.5) is 0 Å². The first kappa shape index (κ1) is 18.7. The minimum absolute atomic E-state index is 0.0653. The number of carbonyl (C=O) groups excluding carboxylic acids is 1. The van der Waals surface area contributed by atoms with Gasteiger partial charge < -0.3 is 4.90 Å². The molecule has 0 unspecified atom stereocenters. The van der Waals surface area contributed by atoms with Crippen LogP contribution in [0.3, 0.4) is 0 Å². The van der Waals surface area contributed by atoms with E-state index in [0.717, 1.165) is 16.2 Å². The first-order valence-electron chi connectivity index (χ1n) is 9.83. The Balaban J connectivity index is 1.38. The molecule has 0 radical (unpaired) electrons. The summed E-state index contributed by atoms with van der Waals surface area (Å²) in [6.45, 7) is 0.914. The molecule has 30 heavy (non-hydrogen) atoms. The van der Waals surface area contributed by atoms with Gasteiger partial charge in [0, 0.05) is 23.1 Å². The first-order valence-corrected chi connectivity index (χ1v) is 10.8. The van der Waals surface area contributed by atoms with Crippen molar-refractivity contribution in [3.63, 3.8) is 0 Å². The number of aromatic nitrogens is 3. The molecule has 2 aromatic carbocycles. The van der Waals surface area contributed by atoms with E-state index in [-0.39, 0.29) is 11.5 Å². The average Bonchev–Trinajstić information content (AvgIpc) is 3.23. The summed E-state index contributed by atoms with van der Waals surface area (Å²) >= 11 is 1.53. The minimum Gasteiger partial charge on any atom is -0.336 e. The van der Waals surface area contributed by atoms with Gasteiger partial charge in [0.15, 0.2) is 5.65 Å². The average molecular weight is 417 g/mol. The third-order valence-electron chi connectivity index (χ3n) is 5.31. The normalized spacial score (nSPS) is 13.4. The van der Waals surface area contributed by atoms with Gasteiger partial charge in [-0.15, -0.1) is 11.8 Å². The fourth-order valence-electron chi connectivity index (χ4n) is 3.73. The maximum atomic E-state index is 13.0. The zero-order valence-electron chi connectivity index (χ0n) is 16.2. The fourth-order valence-corrected chi connectivity index (χ4v) is 4.55. The molecule has 0 spiro atoms. The number of hydrogen-bond acceptors (Lipinski definition) is 4. The Labute approximate surface area is 177 Å². The number of benzene rings is 2. The van der Waals surface area contributed by atoms with Gasteiger partial charge in [-0.3, -0.25) is 14.7 Å². The lowest BCUT2D eigenvalue weighted by Gasteiger charge is -2.27. The first-order chi connectivity index (χ1) is 14.7. The SMILES string of the molecule is O=C(CSc1ccccc1)N1CCc2c(nc3cc(-c4ccccc4)[nH]n3c2=O)C1. The highest BCUT2D eigenvalue weighted by Crippen LogP contribution is 2.22. The molecule has 0 atom stereocenters. The van der Waals surface area contributed by atoms with Crippen LogP contribution in [-0.2, 0) is 17.8 Å². The molecule has 0 bridgehead atoms.